The maximum absolute atomic E-state index is 11.9. The lowest BCUT2D eigenvalue weighted by Gasteiger charge is -2.04. The Morgan fingerprint density at radius 1 is 1.08 bits per heavy atom. The van der Waals surface area contributed by atoms with E-state index in [-0.39, 0.29) is 0 Å². The van der Waals surface area contributed by atoms with Gasteiger partial charge in [0, 0.05) is 5.57 Å². The molecule has 0 spiro atoms. The van der Waals surface area contributed by atoms with E-state index in [2.05, 4.69) is 19.7 Å². The number of alkyl halides is 3. The van der Waals surface area contributed by atoms with Gasteiger partial charge in [0.1, 0.15) is 0 Å². The minimum absolute atomic E-state index is 0.463. The number of rotatable bonds is 3. The molecule has 0 fully saturated rings. The predicted octanol–water partition coefficient (Wildman–Crippen LogP) is 3.79. The minimum atomic E-state index is -4.37. The first-order valence-electron chi connectivity index (χ1n) is 3.54. The van der Waals surface area contributed by atoms with Crippen LogP contribution >= 0.6 is 0 Å². The Morgan fingerprint density at radius 3 is 1.85 bits per heavy atom. The fourth-order valence-electron chi connectivity index (χ4n) is 0.438. The zero-order valence-corrected chi connectivity index (χ0v) is 7.41. The van der Waals surface area contributed by atoms with Gasteiger partial charge in [0.25, 0.3) is 0 Å². The van der Waals surface area contributed by atoms with Crippen LogP contribution in [0.2, 0.25) is 0 Å². The minimum Gasteiger partial charge on any atom is -0.166 e. The van der Waals surface area contributed by atoms with Gasteiger partial charge >= 0.3 is 6.18 Å². The number of allylic oxidation sites excluding steroid dienone is 5. The second-order valence-electron chi connectivity index (χ2n) is 2.66. The summed E-state index contributed by atoms with van der Waals surface area (Å²) in [5.41, 5.74) is 0.200. The van der Waals surface area contributed by atoms with Crippen molar-refractivity contribution in [2.45, 2.75) is 13.1 Å². The summed E-state index contributed by atoms with van der Waals surface area (Å²) >= 11 is 0. The van der Waals surface area contributed by atoms with E-state index in [0.717, 1.165) is 6.08 Å². The highest BCUT2D eigenvalue weighted by Gasteiger charge is 2.29. The molecule has 0 aliphatic carbocycles. The zero-order valence-electron chi connectivity index (χ0n) is 7.41. The average Bonchev–Trinajstić information content (AvgIpc) is 1.97. The predicted molar refractivity (Wildman–Crippen MR) is 48.3 cm³/mol. The van der Waals surface area contributed by atoms with Crippen molar-refractivity contribution >= 4 is 0 Å². The lowest BCUT2D eigenvalue weighted by molar-refractivity contribution is -0.0878. The van der Waals surface area contributed by atoms with Gasteiger partial charge in [0.15, 0.2) is 0 Å². The number of hydrogen-bond acceptors (Lipinski definition) is 0. The summed E-state index contributed by atoms with van der Waals surface area (Å²) in [6, 6.07) is 0. The van der Waals surface area contributed by atoms with Crippen molar-refractivity contribution in [3.8, 4) is 0 Å². The molecule has 0 aromatic carbocycles. The Labute approximate surface area is 75.8 Å². The van der Waals surface area contributed by atoms with Crippen LogP contribution in [0.15, 0.2) is 48.6 Å². The molecule has 0 bridgehead atoms. The Morgan fingerprint density at radius 2 is 1.54 bits per heavy atom. The summed E-state index contributed by atoms with van der Waals surface area (Å²) in [6.45, 7) is 11.6. The Hall–Kier alpha value is -1.25. The Balaban J connectivity index is 4.39. The van der Waals surface area contributed by atoms with Crippen molar-refractivity contribution in [3.05, 3.63) is 48.6 Å². The fraction of sp³-hybridized carbons (Fsp3) is 0.200. The highest BCUT2D eigenvalue weighted by Crippen LogP contribution is 2.25. The van der Waals surface area contributed by atoms with Gasteiger partial charge in [-0.3, -0.25) is 0 Å². The van der Waals surface area contributed by atoms with E-state index in [9.17, 15) is 13.2 Å². The van der Waals surface area contributed by atoms with Crippen molar-refractivity contribution < 1.29 is 13.2 Å². The summed E-state index contributed by atoms with van der Waals surface area (Å²) < 4.78 is 35.7. The summed E-state index contributed by atoms with van der Waals surface area (Å²) in [5.74, 6) is 0. The molecule has 0 nitrogen and oxygen atoms in total. The van der Waals surface area contributed by atoms with Crippen LogP contribution in [0.4, 0.5) is 13.2 Å². The summed E-state index contributed by atoms with van der Waals surface area (Å²) in [4.78, 5) is 0. The average molecular weight is 188 g/mol. The van der Waals surface area contributed by atoms with E-state index >= 15 is 0 Å². The summed E-state index contributed by atoms with van der Waals surface area (Å²) in [5, 5.41) is 0. The number of hydrogen-bond donors (Lipinski definition) is 0. The lowest BCUT2D eigenvalue weighted by Crippen LogP contribution is -2.08. The molecule has 0 radical (unpaired) electrons. The van der Waals surface area contributed by atoms with Gasteiger partial charge in [0.2, 0.25) is 0 Å². The lowest BCUT2D eigenvalue weighted by atomic mass is 10.1. The first-order valence-corrected chi connectivity index (χ1v) is 3.54. The number of halogens is 3. The van der Waals surface area contributed by atoms with E-state index in [4.69, 9.17) is 0 Å². The van der Waals surface area contributed by atoms with E-state index < -0.39 is 11.7 Å². The Kier molecular flexibility index (Phi) is 3.72. The molecule has 0 amide bonds. The summed E-state index contributed by atoms with van der Waals surface area (Å²) in [6.07, 6.45) is -2.24. The van der Waals surface area contributed by atoms with Crippen LogP contribution in [0.1, 0.15) is 6.92 Å². The van der Waals surface area contributed by atoms with E-state index in [0.29, 0.717) is 11.1 Å². The topological polar surface area (TPSA) is 0 Å². The van der Waals surface area contributed by atoms with Crippen LogP contribution in [0.25, 0.3) is 0 Å². The van der Waals surface area contributed by atoms with Crippen LogP contribution in [0, 0.1) is 0 Å². The van der Waals surface area contributed by atoms with Crippen LogP contribution in [-0.4, -0.2) is 6.18 Å². The zero-order chi connectivity index (χ0) is 10.6. The third kappa shape index (κ3) is 4.35. The standard InChI is InChI=1S/C10H11F3/c1-7(2)8(3)5-6-9(4)10(11,12)13/h5-6H,1,3-4H2,2H3/b6-5-. The van der Waals surface area contributed by atoms with Crippen LogP contribution in [0.3, 0.4) is 0 Å². The first kappa shape index (κ1) is 11.8. The van der Waals surface area contributed by atoms with Crippen LogP contribution in [-0.2, 0) is 0 Å². The maximum Gasteiger partial charge on any atom is 0.415 e. The molecule has 0 saturated carbocycles. The summed E-state index contributed by atoms with van der Waals surface area (Å²) in [7, 11) is 0. The molecule has 3 heteroatoms. The van der Waals surface area contributed by atoms with E-state index in [1.54, 1.807) is 6.92 Å². The molecule has 72 valence electrons. The molecule has 0 unspecified atom stereocenters. The normalized spacial score (nSPS) is 11.7. The quantitative estimate of drug-likeness (QED) is 0.591. The molecule has 0 aromatic rings. The fourth-order valence-corrected chi connectivity index (χ4v) is 0.438. The third-order valence-corrected chi connectivity index (χ3v) is 1.40. The molecule has 0 aromatic heterocycles. The molecular weight excluding hydrogens is 177 g/mol. The highest BCUT2D eigenvalue weighted by molar-refractivity contribution is 5.37. The van der Waals surface area contributed by atoms with E-state index in [1.165, 1.54) is 6.08 Å². The Bertz CT molecular complexity index is 266. The molecule has 13 heavy (non-hydrogen) atoms. The molecule has 0 saturated heterocycles. The molecule has 0 aliphatic heterocycles. The van der Waals surface area contributed by atoms with Crippen molar-refractivity contribution in [2.75, 3.05) is 0 Å². The second kappa shape index (κ2) is 4.12. The van der Waals surface area contributed by atoms with Gasteiger partial charge in [-0.2, -0.15) is 13.2 Å². The molecular formula is C10H11F3. The van der Waals surface area contributed by atoms with Crippen LogP contribution in [0.5, 0.6) is 0 Å². The van der Waals surface area contributed by atoms with Crippen molar-refractivity contribution in [1.82, 2.24) is 0 Å². The first-order chi connectivity index (χ1) is 5.75. The van der Waals surface area contributed by atoms with Crippen molar-refractivity contribution in [1.29, 1.82) is 0 Å². The van der Waals surface area contributed by atoms with Crippen molar-refractivity contribution in [3.63, 3.8) is 0 Å². The highest BCUT2D eigenvalue weighted by atomic mass is 19.4. The van der Waals surface area contributed by atoms with Crippen LogP contribution < -0.4 is 0 Å². The van der Waals surface area contributed by atoms with Gasteiger partial charge in [-0.25, -0.2) is 0 Å². The molecule has 0 N–H and O–H groups in total. The molecule has 0 rings (SSSR count). The monoisotopic (exact) mass is 188 g/mol. The smallest absolute Gasteiger partial charge is 0.166 e. The SMILES string of the molecule is C=C(C)C(=C)/C=C\C(=C)C(F)(F)F. The van der Waals surface area contributed by atoms with Gasteiger partial charge in [-0.05, 0) is 12.5 Å². The van der Waals surface area contributed by atoms with Gasteiger partial charge in [-0.15, -0.1) is 0 Å². The van der Waals surface area contributed by atoms with Gasteiger partial charge < -0.3 is 0 Å². The molecule has 0 aliphatic rings. The van der Waals surface area contributed by atoms with Crippen molar-refractivity contribution in [2.24, 2.45) is 0 Å². The third-order valence-electron chi connectivity index (χ3n) is 1.40. The molecule has 0 atom stereocenters. The largest absolute Gasteiger partial charge is 0.415 e. The van der Waals surface area contributed by atoms with E-state index in [1.807, 2.05) is 0 Å². The second-order valence-corrected chi connectivity index (χ2v) is 2.66. The molecule has 0 heterocycles. The maximum atomic E-state index is 11.9. The van der Waals surface area contributed by atoms with Gasteiger partial charge in [0.05, 0.1) is 0 Å². The van der Waals surface area contributed by atoms with Gasteiger partial charge in [-0.1, -0.05) is 37.5 Å².